The second kappa shape index (κ2) is 4.08. The van der Waals surface area contributed by atoms with Gasteiger partial charge >= 0.3 is 0 Å². The molecule has 0 amide bonds. The van der Waals surface area contributed by atoms with Gasteiger partial charge in [0, 0.05) is 17.3 Å². The van der Waals surface area contributed by atoms with Crippen molar-refractivity contribution in [2.24, 2.45) is 0 Å². The van der Waals surface area contributed by atoms with E-state index in [2.05, 4.69) is 34.6 Å². The number of nitrogens with zero attached hydrogens (tertiary/aromatic N) is 2. The topological polar surface area (TPSA) is 17.3 Å². The van der Waals surface area contributed by atoms with Gasteiger partial charge in [0.2, 0.25) is 0 Å². The summed E-state index contributed by atoms with van der Waals surface area (Å²) >= 11 is 0. The van der Waals surface area contributed by atoms with Crippen LogP contribution >= 0.6 is 0 Å². The quantitative estimate of drug-likeness (QED) is 0.739. The Morgan fingerprint density at radius 3 is 2.39 bits per heavy atom. The lowest BCUT2D eigenvalue weighted by molar-refractivity contribution is 0.556. The van der Waals surface area contributed by atoms with Crippen molar-refractivity contribution in [2.45, 2.75) is 52.9 Å². The van der Waals surface area contributed by atoms with E-state index in [1.807, 2.05) is 10.5 Å². The molecule has 0 unspecified atom stereocenters. The summed E-state index contributed by atoms with van der Waals surface area (Å²) in [6.07, 6.45) is 1.56. The number of aromatic nitrogens is 2. The van der Waals surface area contributed by atoms with Crippen molar-refractivity contribution in [3.63, 3.8) is 0 Å². The highest BCUT2D eigenvalue weighted by Crippen LogP contribution is 2.31. The van der Waals surface area contributed by atoms with Gasteiger partial charge in [-0.1, -0.05) is 34.6 Å². The van der Waals surface area contributed by atoms with Gasteiger partial charge in [-0.05, 0) is 24.5 Å². The summed E-state index contributed by atoms with van der Waals surface area (Å²) in [6.45, 7) is 12.4. The standard InChI is InChI=1S/C15H21FN2/c1-9(2)13-14(15(4,5)6)17-12-7-10(3)11(16)8-18(12)13/h7-9H,1-6H3. The van der Waals surface area contributed by atoms with Crippen LogP contribution in [-0.2, 0) is 5.41 Å². The zero-order valence-corrected chi connectivity index (χ0v) is 12.0. The molecule has 3 heteroatoms. The highest BCUT2D eigenvalue weighted by Gasteiger charge is 2.25. The molecule has 0 fully saturated rings. The third kappa shape index (κ3) is 2.02. The summed E-state index contributed by atoms with van der Waals surface area (Å²) in [7, 11) is 0. The summed E-state index contributed by atoms with van der Waals surface area (Å²) < 4.78 is 15.6. The highest BCUT2D eigenvalue weighted by molar-refractivity contribution is 5.48. The smallest absolute Gasteiger partial charge is 0.142 e. The summed E-state index contributed by atoms with van der Waals surface area (Å²) in [4.78, 5) is 4.70. The van der Waals surface area contributed by atoms with Crippen LogP contribution in [-0.4, -0.2) is 9.38 Å². The predicted molar refractivity (Wildman–Crippen MR) is 72.7 cm³/mol. The summed E-state index contributed by atoms with van der Waals surface area (Å²) in [5.74, 6) is 0.138. The molecule has 2 nitrogen and oxygen atoms in total. The molecule has 0 aliphatic heterocycles. The molecule has 0 aromatic carbocycles. The average Bonchev–Trinajstić information content (AvgIpc) is 2.56. The molecule has 2 aromatic heterocycles. The average molecular weight is 248 g/mol. The van der Waals surface area contributed by atoms with Gasteiger partial charge in [0.1, 0.15) is 11.5 Å². The molecular formula is C15H21FN2. The van der Waals surface area contributed by atoms with E-state index in [1.165, 1.54) is 0 Å². The number of hydrogen-bond donors (Lipinski definition) is 0. The maximum absolute atomic E-state index is 13.7. The van der Waals surface area contributed by atoms with E-state index in [9.17, 15) is 4.39 Å². The number of aryl methyl sites for hydroxylation is 1. The number of imidazole rings is 1. The molecule has 2 rings (SSSR count). The number of pyridine rings is 1. The van der Waals surface area contributed by atoms with Crippen LogP contribution in [0.5, 0.6) is 0 Å². The van der Waals surface area contributed by atoms with Crippen LogP contribution in [0.25, 0.3) is 5.65 Å². The fraction of sp³-hybridized carbons (Fsp3) is 0.533. The Morgan fingerprint density at radius 1 is 1.28 bits per heavy atom. The van der Waals surface area contributed by atoms with Crippen molar-refractivity contribution in [2.75, 3.05) is 0 Å². The second-order valence-corrected chi connectivity index (χ2v) is 6.28. The van der Waals surface area contributed by atoms with Crippen LogP contribution in [0, 0.1) is 12.7 Å². The predicted octanol–water partition coefficient (Wildman–Crippen LogP) is 4.20. The molecule has 0 N–H and O–H groups in total. The first-order valence-corrected chi connectivity index (χ1v) is 6.40. The summed E-state index contributed by atoms with van der Waals surface area (Å²) in [5.41, 5.74) is 3.61. The first-order valence-electron chi connectivity index (χ1n) is 6.40. The van der Waals surface area contributed by atoms with Gasteiger partial charge in [-0.2, -0.15) is 0 Å². The lowest BCUT2D eigenvalue weighted by atomic mass is 9.88. The molecule has 18 heavy (non-hydrogen) atoms. The molecule has 0 aliphatic rings. The van der Waals surface area contributed by atoms with E-state index in [1.54, 1.807) is 13.1 Å². The van der Waals surface area contributed by atoms with Crippen molar-refractivity contribution in [3.8, 4) is 0 Å². The minimum Gasteiger partial charge on any atom is -0.301 e. The number of rotatable bonds is 1. The van der Waals surface area contributed by atoms with Gasteiger partial charge in [-0.15, -0.1) is 0 Å². The molecule has 0 aliphatic carbocycles. The molecule has 98 valence electrons. The van der Waals surface area contributed by atoms with Crippen LogP contribution in [0.1, 0.15) is 57.5 Å². The maximum atomic E-state index is 13.7. The van der Waals surface area contributed by atoms with E-state index in [0.717, 1.165) is 17.0 Å². The number of hydrogen-bond acceptors (Lipinski definition) is 1. The molecule has 0 atom stereocenters. The van der Waals surface area contributed by atoms with Crippen LogP contribution in [0.3, 0.4) is 0 Å². The Balaban J connectivity index is 2.84. The number of fused-ring (bicyclic) bond motifs is 1. The van der Waals surface area contributed by atoms with E-state index in [4.69, 9.17) is 4.98 Å². The van der Waals surface area contributed by atoms with E-state index < -0.39 is 0 Å². The van der Waals surface area contributed by atoms with Gasteiger partial charge in [0.15, 0.2) is 0 Å². The van der Waals surface area contributed by atoms with Crippen molar-refractivity contribution in [1.29, 1.82) is 0 Å². The van der Waals surface area contributed by atoms with Crippen LogP contribution in [0.15, 0.2) is 12.3 Å². The van der Waals surface area contributed by atoms with Gasteiger partial charge in [-0.25, -0.2) is 9.37 Å². The van der Waals surface area contributed by atoms with Gasteiger partial charge in [-0.3, -0.25) is 0 Å². The van der Waals surface area contributed by atoms with Gasteiger partial charge < -0.3 is 4.40 Å². The minimum atomic E-state index is -0.178. The monoisotopic (exact) mass is 248 g/mol. The third-order valence-electron chi connectivity index (χ3n) is 3.20. The van der Waals surface area contributed by atoms with Crippen LogP contribution < -0.4 is 0 Å². The lowest BCUT2D eigenvalue weighted by Gasteiger charge is -2.19. The van der Waals surface area contributed by atoms with Crippen LogP contribution in [0.4, 0.5) is 4.39 Å². The zero-order chi connectivity index (χ0) is 13.7. The summed E-state index contributed by atoms with van der Waals surface area (Å²) in [6, 6.07) is 1.82. The Labute approximate surface area is 108 Å². The highest BCUT2D eigenvalue weighted by atomic mass is 19.1. The Hall–Kier alpha value is -1.38. The van der Waals surface area contributed by atoms with Crippen molar-refractivity contribution < 1.29 is 4.39 Å². The lowest BCUT2D eigenvalue weighted by Crippen LogP contribution is -2.15. The summed E-state index contributed by atoms with van der Waals surface area (Å²) in [5, 5.41) is 0. The zero-order valence-electron chi connectivity index (χ0n) is 12.0. The Morgan fingerprint density at radius 2 is 1.89 bits per heavy atom. The Bertz CT molecular complexity index is 589. The van der Waals surface area contributed by atoms with Crippen LogP contribution in [0.2, 0.25) is 0 Å². The van der Waals surface area contributed by atoms with Crippen molar-refractivity contribution >= 4 is 5.65 Å². The first kappa shape index (κ1) is 13.1. The second-order valence-electron chi connectivity index (χ2n) is 6.28. The maximum Gasteiger partial charge on any atom is 0.142 e. The minimum absolute atomic E-state index is 0.0317. The molecule has 2 heterocycles. The van der Waals surface area contributed by atoms with E-state index in [-0.39, 0.29) is 11.2 Å². The number of halogens is 1. The molecule has 0 bridgehead atoms. The molecule has 2 aromatic rings. The molecule has 0 spiro atoms. The Kier molecular flexibility index (Phi) is 2.96. The van der Waals surface area contributed by atoms with Gasteiger partial charge in [0.05, 0.1) is 5.69 Å². The molecule has 0 radical (unpaired) electrons. The SMILES string of the molecule is Cc1cc2nc(C(C)(C)C)c(C(C)C)n2cc1F. The molecule has 0 saturated carbocycles. The van der Waals surface area contributed by atoms with Crippen molar-refractivity contribution in [3.05, 3.63) is 35.0 Å². The normalized spacial score (nSPS) is 12.7. The third-order valence-corrected chi connectivity index (χ3v) is 3.20. The van der Waals surface area contributed by atoms with Gasteiger partial charge in [0.25, 0.3) is 0 Å². The largest absolute Gasteiger partial charge is 0.301 e. The van der Waals surface area contributed by atoms with Crippen molar-refractivity contribution in [1.82, 2.24) is 9.38 Å². The fourth-order valence-electron chi connectivity index (χ4n) is 2.28. The van der Waals surface area contributed by atoms with E-state index in [0.29, 0.717) is 11.5 Å². The molecular weight excluding hydrogens is 227 g/mol. The fourth-order valence-corrected chi connectivity index (χ4v) is 2.28. The molecule has 0 saturated heterocycles. The van der Waals surface area contributed by atoms with E-state index >= 15 is 0 Å². The first-order chi connectivity index (χ1) is 8.21.